The molecule has 1 fully saturated rings. The Bertz CT molecular complexity index is 363. The first-order valence-electron chi connectivity index (χ1n) is 7.18. The van der Waals surface area contributed by atoms with Crippen molar-refractivity contribution in [3.63, 3.8) is 0 Å². The zero-order valence-electron chi connectivity index (χ0n) is 11.8. The second-order valence-electron chi connectivity index (χ2n) is 5.55. The maximum Gasteiger partial charge on any atom is 0.119 e. The van der Waals surface area contributed by atoms with Crippen molar-refractivity contribution in [2.75, 3.05) is 6.54 Å². The topological polar surface area (TPSA) is 21.3 Å². The van der Waals surface area contributed by atoms with E-state index in [1.807, 2.05) is 0 Å². The second-order valence-corrected chi connectivity index (χ2v) is 5.55. The van der Waals surface area contributed by atoms with Crippen molar-refractivity contribution in [3.8, 4) is 5.75 Å². The van der Waals surface area contributed by atoms with E-state index in [1.54, 1.807) is 0 Å². The summed E-state index contributed by atoms with van der Waals surface area (Å²) in [5, 5.41) is 3.71. The van der Waals surface area contributed by atoms with Crippen LogP contribution in [-0.2, 0) is 5.54 Å². The van der Waals surface area contributed by atoms with Gasteiger partial charge in [-0.1, -0.05) is 25.5 Å². The Labute approximate surface area is 111 Å². The summed E-state index contributed by atoms with van der Waals surface area (Å²) in [5.74, 6) is 0.971. The lowest BCUT2D eigenvalue weighted by atomic mass is 9.84. The molecule has 0 amide bonds. The van der Waals surface area contributed by atoms with Crippen molar-refractivity contribution in [1.82, 2.24) is 5.32 Å². The van der Waals surface area contributed by atoms with Crippen LogP contribution < -0.4 is 10.1 Å². The van der Waals surface area contributed by atoms with E-state index in [4.69, 9.17) is 4.74 Å². The van der Waals surface area contributed by atoms with Crippen LogP contribution >= 0.6 is 0 Å². The SMILES string of the molecule is CCCC1(c2ccc(OC(C)C)cc2)CCCN1. The summed E-state index contributed by atoms with van der Waals surface area (Å²) < 4.78 is 5.70. The van der Waals surface area contributed by atoms with E-state index in [-0.39, 0.29) is 11.6 Å². The molecule has 1 heterocycles. The fraction of sp³-hybridized carbons (Fsp3) is 0.625. The predicted molar refractivity (Wildman–Crippen MR) is 76.0 cm³/mol. The van der Waals surface area contributed by atoms with Crippen LogP contribution in [0.2, 0.25) is 0 Å². The Morgan fingerprint density at radius 2 is 2.00 bits per heavy atom. The normalized spacial score (nSPS) is 23.6. The smallest absolute Gasteiger partial charge is 0.119 e. The highest BCUT2D eigenvalue weighted by Crippen LogP contribution is 2.35. The standard InChI is InChI=1S/C16H25NO/c1-4-10-16(11-5-12-17-16)14-6-8-15(9-7-14)18-13(2)3/h6-9,13,17H,4-5,10-12H2,1-3H3. The molecule has 1 unspecified atom stereocenters. The highest BCUT2D eigenvalue weighted by molar-refractivity contribution is 5.32. The molecule has 18 heavy (non-hydrogen) atoms. The van der Waals surface area contributed by atoms with Gasteiger partial charge in [-0.3, -0.25) is 0 Å². The summed E-state index contributed by atoms with van der Waals surface area (Å²) in [4.78, 5) is 0. The lowest BCUT2D eigenvalue weighted by Crippen LogP contribution is -2.36. The van der Waals surface area contributed by atoms with Crippen molar-refractivity contribution in [1.29, 1.82) is 0 Å². The molecule has 0 radical (unpaired) electrons. The first kappa shape index (κ1) is 13.4. The molecule has 2 nitrogen and oxygen atoms in total. The van der Waals surface area contributed by atoms with Gasteiger partial charge in [0.05, 0.1) is 6.10 Å². The number of nitrogens with one attached hydrogen (secondary N) is 1. The summed E-state index contributed by atoms with van der Waals surface area (Å²) in [6, 6.07) is 8.66. The predicted octanol–water partition coefficient (Wildman–Crippen LogP) is 3.85. The van der Waals surface area contributed by atoms with Gasteiger partial charge in [-0.2, -0.15) is 0 Å². The molecule has 1 atom stereocenters. The van der Waals surface area contributed by atoms with E-state index in [1.165, 1.54) is 31.2 Å². The van der Waals surface area contributed by atoms with Gasteiger partial charge in [-0.15, -0.1) is 0 Å². The minimum absolute atomic E-state index is 0.213. The third-order valence-electron chi connectivity index (χ3n) is 3.70. The van der Waals surface area contributed by atoms with Crippen LogP contribution in [0.4, 0.5) is 0 Å². The van der Waals surface area contributed by atoms with E-state index >= 15 is 0 Å². The number of ether oxygens (including phenoxy) is 1. The molecule has 1 aliphatic rings. The maximum atomic E-state index is 5.70. The second kappa shape index (κ2) is 5.75. The lowest BCUT2D eigenvalue weighted by molar-refractivity contribution is 0.242. The zero-order chi connectivity index (χ0) is 13.0. The number of hydrogen-bond donors (Lipinski definition) is 1. The van der Waals surface area contributed by atoms with Crippen LogP contribution in [0.1, 0.15) is 52.0 Å². The molecule has 1 aromatic carbocycles. The van der Waals surface area contributed by atoms with Gasteiger partial charge in [0.1, 0.15) is 5.75 Å². The van der Waals surface area contributed by atoms with Crippen molar-refractivity contribution in [3.05, 3.63) is 29.8 Å². The van der Waals surface area contributed by atoms with Crippen molar-refractivity contribution in [2.24, 2.45) is 0 Å². The van der Waals surface area contributed by atoms with Gasteiger partial charge < -0.3 is 10.1 Å². The quantitative estimate of drug-likeness (QED) is 0.853. The molecule has 0 aromatic heterocycles. The Kier molecular flexibility index (Phi) is 4.28. The summed E-state index contributed by atoms with van der Waals surface area (Å²) >= 11 is 0. The molecule has 1 aromatic rings. The molecule has 1 aliphatic heterocycles. The van der Waals surface area contributed by atoms with E-state index < -0.39 is 0 Å². The van der Waals surface area contributed by atoms with Gasteiger partial charge in [0.2, 0.25) is 0 Å². The molecule has 0 spiro atoms. The Morgan fingerprint density at radius 1 is 1.28 bits per heavy atom. The van der Waals surface area contributed by atoms with Gasteiger partial charge in [0.25, 0.3) is 0 Å². The molecular formula is C16H25NO. The van der Waals surface area contributed by atoms with Crippen LogP contribution in [0, 0.1) is 0 Å². The monoisotopic (exact) mass is 247 g/mol. The largest absolute Gasteiger partial charge is 0.491 e. The Hall–Kier alpha value is -1.02. The molecule has 0 aliphatic carbocycles. The molecule has 0 bridgehead atoms. The van der Waals surface area contributed by atoms with Crippen molar-refractivity contribution >= 4 is 0 Å². The van der Waals surface area contributed by atoms with Crippen LogP contribution in [0.5, 0.6) is 5.75 Å². The average Bonchev–Trinajstić information content (AvgIpc) is 2.79. The molecule has 1 N–H and O–H groups in total. The van der Waals surface area contributed by atoms with Crippen LogP contribution in [0.15, 0.2) is 24.3 Å². The van der Waals surface area contributed by atoms with Crippen molar-refractivity contribution < 1.29 is 4.74 Å². The zero-order valence-corrected chi connectivity index (χ0v) is 11.8. The molecule has 2 rings (SSSR count). The number of hydrogen-bond acceptors (Lipinski definition) is 2. The van der Waals surface area contributed by atoms with Crippen molar-refractivity contribution in [2.45, 2.75) is 58.1 Å². The highest BCUT2D eigenvalue weighted by atomic mass is 16.5. The molecule has 0 saturated carbocycles. The summed E-state index contributed by atoms with van der Waals surface area (Å²) in [6.07, 6.45) is 5.22. The number of benzene rings is 1. The lowest BCUT2D eigenvalue weighted by Gasteiger charge is -2.30. The average molecular weight is 247 g/mol. The highest BCUT2D eigenvalue weighted by Gasteiger charge is 2.33. The number of rotatable bonds is 5. The van der Waals surface area contributed by atoms with Gasteiger partial charge >= 0.3 is 0 Å². The molecule has 100 valence electrons. The van der Waals surface area contributed by atoms with E-state index in [2.05, 4.69) is 50.4 Å². The third-order valence-corrected chi connectivity index (χ3v) is 3.70. The minimum Gasteiger partial charge on any atom is -0.491 e. The maximum absolute atomic E-state index is 5.70. The third kappa shape index (κ3) is 2.86. The van der Waals surface area contributed by atoms with Crippen LogP contribution in [-0.4, -0.2) is 12.6 Å². The summed E-state index contributed by atoms with van der Waals surface area (Å²) in [7, 11) is 0. The van der Waals surface area contributed by atoms with Gasteiger partial charge in [-0.05, 0) is 57.4 Å². The Morgan fingerprint density at radius 3 is 2.50 bits per heavy atom. The first-order valence-corrected chi connectivity index (χ1v) is 7.18. The van der Waals surface area contributed by atoms with E-state index in [9.17, 15) is 0 Å². The van der Waals surface area contributed by atoms with Crippen LogP contribution in [0.25, 0.3) is 0 Å². The summed E-state index contributed by atoms with van der Waals surface area (Å²) in [6.45, 7) is 7.53. The molecular weight excluding hydrogens is 222 g/mol. The minimum atomic E-state index is 0.213. The van der Waals surface area contributed by atoms with Crippen LogP contribution in [0.3, 0.4) is 0 Å². The molecule has 2 heteroatoms. The van der Waals surface area contributed by atoms with E-state index in [0.29, 0.717) is 0 Å². The fourth-order valence-electron chi connectivity index (χ4n) is 2.96. The van der Waals surface area contributed by atoms with Gasteiger partial charge in [-0.25, -0.2) is 0 Å². The first-order chi connectivity index (χ1) is 8.66. The molecule has 1 saturated heterocycles. The Balaban J connectivity index is 2.16. The van der Waals surface area contributed by atoms with E-state index in [0.717, 1.165) is 12.3 Å². The van der Waals surface area contributed by atoms with Gasteiger partial charge in [0.15, 0.2) is 0 Å². The fourth-order valence-corrected chi connectivity index (χ4v) is 2.96. The van der Waals surface area contributed by atoms with Gasteiger partial charge in [0, 0.05) is 5.54 Å². The summed E-state index contributed by atoms with van der Waals surface area (Å²) in [5.41, 5.74) is 1.63.